The van der Waals surface area contributed by atoms with Gasteiger partial charge in [0.2, 0.25) is 0 Å². The molecule has 1 aliphatic heterocycles. The summed E-state index contributed by atoms with van der Waals surface area (Å²) in [5.41, 5.74) is 4.69. The molecule has 1 atom stereocenters. The molecular weight excluding hydrogens is 278 g/mol. The average molecular weight is 297 g/mol. The molecule has 0 spiro atoms. The van der Waals surface area contributed by atoms with Gasteiger partial charge in [0.25, 0.3) is 0 Å². The first kappa shape index (κ1) is 14.4. The molecule has 0 fully saturated rings. The molecule has 1 amide bonds. The number of fused-ring (bicyclic) bond motifs is 1. The predicted octanol–water partition coefficient (Wildman–Crippen LogP) is 3.32. The second kappa shape index (κ2) is 6.10. The molecule has 22 heavy (non-hydrogen) atoms. The zero-order chi connectivity index (χ0) is 15.5. The van der Waals surface area contributed by atoms with Gasteiger partial charge in [-0.1, -0.05) is 42.5 Å². The average Bonchev–Trinajstić information content (AvgIpc) is 2.96. The van der Waals surface area contributed by atoms with Gasteiger partial charge >= 0.3 is 6.09 Å². The minimum atomic E-state index is -0.432. The second-order valence-corrected chi connectivity index (χ2v) is 5.43. The minimum absolute atomic E-state index is 0.0562. The summed E-state index contributed by atoms with van der Waals surface area (Å²) in [5, 5.41) is 2.69. The van der Waals surface area contributed by atoms with Crippen molar-refractivity contribution in [3.05, 3.63) is 53.6 Å². The van der Waals surface area contributed by atoms with E-state index in [2.05, 4.69) is 47.3 Å². The summed E-state index contributed by atoms with van der Waals surface area (Å²) in [6.07, 6.45) is 0.303. The van der Waals surface area contributed by atoms with Crippen molar-refractivity contribution < 1.29 is 14.3 Å². The highest BCUT2D eigenvalue weighted by molar-refractivity contribution is 5.75. The molecule has 4 nitrogen and oxygen atoms in total. The van der Waals surface area contributed by atoms with Crippen LogP contribution in [-0.2, 0) is 11.2 Å². The summed E-state index contributed by atoms with van der Waals surface area (Å²) in [6.45, 7) is 2.54. The molecule has 0 aromatic heterocycles. The zero-order valence-electron chi connectivity index (χ0n) is 12.8. The van der Waals surface area contributed by atoms with Crippen LogP contribution in [0.1, 0.15) is 11.1 Å². The monoisotopic (exact) mass is 297 g/mol. The summed E-state index contributed by atoms with van der Waals surface area (Å²) in [5.74, 6) is 0.925. The number of para-hydroxylation sites is 1. The standard InChI is InChI=1S/C18H19NO3/c1-12-6-3-4-8-15(12)16-9-5-7-13-10-14(22-17(13)16)11-19-18(20)21-2/h3-9,14H,10-11H2,1-2H3,(H,19,20). The Balaban J connectivity index is 1.83. The van der Waals surface area contributed by atoms with Crippen LogP contribution in [0.15, 0.2) is 42.5 Å². The maximum atomic E-state index is 11.2. The lowest BCUT2D eigenvalue weighted by Gasteiger charge is -2.14. The van der Waals surface area contributed by atoms with E-state index in [4.69, 9.17) is 4.74 Å². The molecule has 0 radical (unpaired) electrons. The van der Waals surface area contributed by atoms with Crippen molar-refractivity contribution in [3.8, 4) is 16.9 Å². The lowest BCUT2D eigenvalue weighted by atomic mass is 9.97. The Hall–Kier alpha value is -2.49. The molecule has 114 valence electrons. The molecular formula is C18H19NO3. The Morgan fingerprint density at radius 1 is 1.23 bits per heavy atom. The van der Waals surface area contributed by atoms with Crippen molar-refractivity contribution in [2.24, 2.45) is 0 Å². The van der Waals surface area contributed by atoms with Gasteiger partial charge < -0.3 is 14.8 Å². The SMILES string of the molecule is COC(=O)NCC1Cc2cccc(-c3ccccc3C)c2O1. The Kier molecular flexibility index (Phi) is 4.00. The van der Waals surface area contributed by atoms with Crippen LogP contribution in [0.3, 0.4) is 0 Å². The third kappa shape index (κ3) is 2.77. The number of carbonyl (C=O) groups is 1. The molecule has 1 heterocycles. The summed E-state index contributed by atoms with van der Waals surface area (Å²) in [6, 6.07) is 14.5. The van der Waals surface area contributed by atoms with E-state index in [9.17, 15) is 4.79 Å². The van der Waals surface area contributed by atoms with Crippen molar-refractivity contribution >= 4 is 6.09 Å². The van der Waals surface area contributed by atoms with Crippen LogP contribution in [0.4, 0.5) is 4.79 Å². The molecule has 0 saturated heterocycles. The molecule has 0 saturated carbocycles. The first-order chi connectivity index (χ1) is 10.7. The van der Waals surface area contributed by atoms with Crippen molar-refractivity contribution in [1.29, 1.82) is 0 Å². The highest BCUT2D eigenvalue weighted by atomic mass is 16.5. The number of methoxy groups -OCH3 is 1. The third-order valence-corrected chi connectivity index (χ3v) is 3.92. The van der Waals surface area contributed by atoms with Gasteiger partial charge in [-0.2, -0.15) is 0 Å². The van der Waals surface area contributed by atoms with Gasteiger partial charge in [0.05, 0.1) is 13.7 Å². The largest absolute Gasteiger partial charge is 0.487 e. The molecule has 2 aromatic rings. The fraction of sp³-hybridized carbons (Fsp3) is 0.278. The van der Waals surface area contributed by atoms with Crippen LogP contribution in [0.5, 0.6) is 5.75 Å². The first-order valence-corrected chi connectivity index (χ1v) is 7.35. The number of nitrogens with one attached hydrogen (secondary N) is 1. The van der Waals surface area contributed by atoms with Gasteiger partial charge in [0, 0.05) is 12.0 Å². The smallest absolute Gasteiger partial charge is 0.406 e. The van der Waals surface area contributed by atoms with Crippen molar-refractivity contribution in [1.82, 2.24) is 5.32 Å². The maximum absolute atomic E-state index is 11.2. The van der Waals surface area contributed by atoms with Crippen LogP contribution in [0, 0.1) is 6.92 Å². The quantitative estimate of drug-likeness (QED) is 0.945. The number of carbonyl (C=O) groups excluding carboxylic acids is 1. The number of alkyl carbamates (subject to hydrolysis) is 1. The molecule has 3 rings (SSSR count). The van der Waals surface area contributed by atoms with Gasteiger partial charge in [-0.15, -0.1) is 0 Å². The van der Waals surface area contributed by atoms with Gasteiger partial charge in [0.1, 0.15) is 11.9 Å². The van der Waals surface area contributed by atoms with E-state index < -0.39 is 6.09 Å². The minimum Gasteiger partial charge on any atom is -0.487 e. The van der Waals surface area contributed by atoms with Crippen LogP contribution in [0.25, 0.3) is 11.1 Å². The predicted molar refractivity (Wildman–Crippen MR) is 85.1 cm³/mol. The fourth-order valence-electron chi connectivity index (χ4n) is 2.81. The van der Waals surface area contributed by atoms with Crippen molar-refractivity contribution in [2.45, 2.75) is 19.4 Å². The number of hydrogen-bond acceptors (Lipinski definition) is 3. The highest BCUT2D eigenvalue weighted by Gasteiger charge is 2.26. The molecule has 1 N–H and O–H groups in total. The van der Waals surface area contributed by atoms with E-state index in [1.54, 1.807) is 0 Å². The Morgan fingerprint density at radius 2 is 2.00 bits per heavy atom. The van der Waals surface area contributed by atoms with E-state index >= 15 is 0 Å². The van der Waals surface area contributed by atoms with Crippen LogP contribution >= 0.6 is 0 Å². The van der Waals surface area contributed by atoms with Crippen LogP contribution in [0.2, 0.25) is 0 Å². The number of ether oxygens (including phenoxy) is 2. The summed E-state index contributed by atoms with van der Waals surface area (Å²) < 4.78 is 10.7. The topological polar surface area (TPSA) is 47.6 Å². The van der Waals surface area contributed by atoms with Crippen LogP contribution in [-0.4, -0.2) is 25.9 Å². The molecule has 2 aromatic carbocycles. The molecule has 0 aliphatic carbocycles. The Morgan fingerprint density at radius 3 is 2.77 bits per heavy atom. The summed E-state index contributed by atoms with van der Waals surface area (Å²) >= 11 is 0. The van der Waals surface area contributed by atoms with E-state index in [0.717, 1.165) is 17.7 Å². The van der Waals surface area contributed by atoms with Crippen molar-refractivity contribution in [3.63, 3.8) is 0 Å². The molecule has 1 aliphatic rings. The number of amides is 1. The van der Waals surface area contributed by atoms with Gasteiger partial charge in [0.15, 0.2) is 0 Å². The van der Waals surface area contributed by atoms with Gasteiger partial charge in [-0.05, 0) is 23.6 Å². The molecule has 4 heteroatoms. The highest BCUT2D eigenvalue weighted by Crippen LogP contribution is 2.39. The first-order valence-electron chi connectivity index (χ1n) is 7.35. The molecule has 0 bridgehead atoms. The lowest BCUT2D eigenvalue weighted by Crippen LogP contribution is -2.34. The maximum Gasteiger partial charge on any atom is 0.406 e. The van der Waals surface area contributed by atoms with E-state index in [1.165, 1.54) is 23.8 Å². The second-order valence-electron chi connectivity index (χ2n) is 5.43. The fourth-order valence-corrected chi connectivity index (χ4v) is 2.81. The van der Waals surface area contributed by atoms with Crippen molar-refractivity contribution in [2.75, 3.05) is 13.7 Å². The van der Waals surface area contributed by atoms with Gasteiger partial charge in [-0.25, -0.2) is 4.79 Å². The number of benzene rings is 2. The zero-order valence-corrected chi connectivity index (χ0v) is 12.8. The Labute approximate surface area is 130 Å². The van der Waals surface area contributed by atoms with E-state index in [-0.39, 0.29) is 6.10 Å². The summed E-state index contributed by atoms with van der Waals surface area (Å²) in [4.78, 5) is 11.2. The lowest BCUT2D eigenvalue weighted by molar-refractivity contribution is 0.161. The van der Waals surface area contributed by atoms with Gasteiger partial charge in [-0.3, -0.25) is 0 Å². The molecule has 1 unspecified atom stereocenters. The Bertz CT molecular complexity index is 696. The number of rotatable bonds is 3. The normalized spacial score (nSPS) is 15.8. The number of aryl methyl sites for hydroxylation is 1. The third-order valence-electron chi connectivity index (χ3n) is 3.92. The number of hydrogen-bond donors (Lipinski definition) is 1. The van der Waals surface area contributed by atoms with E-state index in [1.807, 2.05) is 12.1 Å². The van der Waals surface area contributed by atoms with E-state index in [0.29, 0.717) is 6.54 Å². The summed E-state index contributed by atoms with van der Waals surface area (Å²) in [7, 11) is 1.36. The van der Waals surface area contributed by atoms with Crippen LogP contribution < -0.4 is 10.1 Å².